The molecule has 0 fully saturated rings. The van der Waals surface area contributed by atoms with Crippen molar-refractivity contribution >= 4 is 5.91 Å². The predicted molar refractivity (Wildman–Crippen MR) is 86.5 cm³/mol. The van der Waals surface area contributed by atoms with Crippen molar-refractivity contribution in [2.75, 3.05) is 13.2 Å². The van der Waals surface area contributed by atoms with Gasteiger partial charge in [-0.2, -0.15) is 0 Å². The summed E-state index contributed by atoms with van der Waals surface area (Å²) in [5.74, 6) is -0.0220. The van der Waals surface area contributed by atoms with E-state index in [1.807, 2.05) is 56.3 Å². The summed E-state index contributed by atoms with van der Waals surface area (Å²) in [5, 5.41) is 2.94. The number of benzene rings is 1. The van der Waals surface area contributed by atoms with Crippen LogP contribution in [0.5, 0.6) is 0 Å². The lowest BCUT2D eigenvalue weighted by molar-refractivity contribution is -0.121. The van der Waals surface area contributed by atoms with Gasteiger partial charge >= 0.3 is 0 Å². The normalized spacial score (nSPS) is 11.9. The van der Waals surface area contributed by atoms with E-state index in [4.69, 9.17) is 4.74 Å². The Kier molecular flexibility index (Phi) is 6.10. The summed E-state index contributed by atoms with van der Waals surface area (Å²) in [5.41, 5.74) is 2.93. The molecule has 2 rings (SSSR count). The van der Waals surface area contributed by atoms with Crippen LogP contribution in [0.1, 0.15) is 29.8 Å². The van der Waals surface area contributed by atoms with E-state index in [2.05, 4.69) is 10.3 Å². The number of ether oxygens (including phenoxy) is 1. The van der Waals surface area contributed by atoms with Gasteiger partial charge in [0.1, 0.15) is 0 Å². The largest absolute Gasteiger partial charge is 0.372 e. The van der Waals surface area contributed by atoms with E-state index >= 15 is 0 Å². The molecule has 0 aliphatic carbocycles. The summed E-state index contributed by atoms with van der Waals surface area (Å²) in [4.78, 5) is 16.2. The minimum Gasteiger partial charge on any atom is -0.372 e. The number of nitrogens with one attached hydrogen (secondary N) is 1. The van der Waals surface area contributed by atoms with Gasteiger partial charge in [-0.05, 0) is 31.0 Å². The highest BCUT2D eigenvalue weighted by atomic mass is 16.5. The summed E-state index contributed by atoms with van der Waals surface area (Å²) < 4.78 is 5.72. The zero-order chi connectivity index (χ0) is 15.8. The summed E-state index contributed by atoms with van der Waals surface area (Å²) in [7, 11) is 0. The predicted octanol–water partition coefficient (Wildman–Crippen LogP) is 2.83. The third kappa shape index (κ3) is 4.97. The first-order chi connectivity index (χ1) is 10.7. The van der Waals surface area contributed by atoms with Crippen molar-refractivity contribution in [1.82, 2.24) is 10.3 Å². The maximum Gasteiger partial charge on any atom is 0.224 e. The van der Waals surface area contributed by atoms with Gasteiger partial charge in [-0.15, -0.1) is 0 Å². The SMILES string of the molecule is CCO[C@@H](CNC(=O)Cc1ccc(C)nc1)c1ccccc1. The molecule has 0 aliphatic rings. The van der Waals surface area contributed by atoms with Crippen molar-refractivity contribution < 1.29 is 9.53 Å². The number of carbonyl (C=O) groups is 1. The lowest BCUT2D eigenvalue weighted by atomic mass is 10.1. The molecule has 4 nitrogen and oxygen atoms in total. The first kappa shape index (κ1) is 16.2. The van der Waals surface area contributed by atoms with Crippen LogP contribution in [0.15, 0.2) is 48.7 Å². The minimum atomic E-state index is -0.119. The van der Waals surface area contributed by atoms with Crippen LogP contribution >= 0.6 is 0 Å². The van der Waals surface area contributed by atoms with Crippen molar-refractivity contribution in [2.24, 2.45) is 0 Å². The van der Waals surface area contributed by atoms with E-state index in [9.17, 15) is 4.79 Å². The van der Waals surface area contributed by atoms with Gasteiger partial charge < -0.3 is 10.1 Å². The molecular weight excluding hydrogens is 276 g/mol. The van der Waals surface area contributed by atoms with Crippen LogP contribution in [0.3, 0.4) is 0 Å². The van der Waals surface area contributed by atoms with Gasteiger partial charge in [0.2, 0.25) is 5.91 Å². The number of carbonyl (C=O) groups excluding carboxylic acids is 1. The Labute approximate surface area is 131 Å². The number of rotatable bonds is 7. The number of hydrogen-bond donors (Lipinski definition) is 1. The second-order valence-corrected chi connectivity index (χ2v) is 5.14. The van der Waals surface area contributed by atoms with Crippen LogP contribution in [0.4, 0.5) is 0 Å². The van der Waals surface area contributed by atoms with Crippen LogP contribution in [0.25, 0.3) is 0 Å². The molecule has 1 atom stereocenters. The Bertz CT molecular complexity index is 582. The van der Waals surface area contributed by atoms with Gasteiger partial charge in [0.15, 0.2) is 0 Å². The molecule has 0 unspecified atom stereocenters. The summed E-state index contributed by atoms with van der Waals surface area (Å²) in [6.45, 7) is 4.96. The number of hydrogen-bond acceptors (Lipinski definition) is 3. The zero-order valence-corrected chi connectivity index (χ0v) is 13.1. The minimum absolute atomic E-state index is 0.0220. The molecule has 4 heteroatoms. The second kappa shape index (κ2) is 8.29. The van der Waals surface area contributed by atoms with Gasteiger partial charge in [0, 0.05) is 25.0 Å². The van der Waals surface area contributed by atoms with Crippen LogP contribution in [0.2, 0.25) is 0 Å². The fraction of sp³-hybridized carbons (Fsp3) is 0.333. The van der Waals surface area contributed by atoms with Gasteiger partial charge in [-0.1, -0.05) is 36.4 Å². The number of aromatic nitrogens is 1. The first-order valence-electron chi connectivity index (χ1n) is 7.54. The van der Waals surface area contributed by atoms with E-state index in [1.54, 1.807) is 6.20 Å². The molecule has 2 aromatic rings. The Morgan fingerprint density at radius 2 is 2.00 bits per heavy atom. The molecule has 0 radical (unpaired) electrons. The number of aryl methyl sites for hydroxylation is 1. The van der Waals surface area contributed by atoms with Crippen LogP contribution < -0.4 is 5.32 Å². The molecule has 0 saturated carbocycles. The Balaban J connectivity index is 1.89. The van der Waals surface area contributed by atoms with Crippen molar-refractivity contribution in [1.29, 1.82) is 0 Å². The van der Waals surface area contributed by atoms with Crippen molar-refractivity contribution in [3.63, 3.8) is 0 Å². The summed E-state index contributed by atoms with van der Waals surface area (Å²) >= 11 is 0. The highest BCUT2D eigenvalue weighted by Crippen LogP contribution is 2.16. The standard InChI is InChI=1S/C18H22N2O2/c1-3-22-17(16-7-5-4-6-8-16)13-20-18(21)11-15-10-9-14(2)19-12-15/h4-10,12,17H,3,11,13H2,1-2H3,(H,20,21)/t17-/m0/s1. The number of nitrogens with zero attached hydrogens (tertiary/aromatic N) is 1. The summed E-state index contributed by atoms with van der Waals surface area (Å²) in [6, 6.07) is 13.8. The van der Waals surface area contributed by atoms with E-state index in [1.165, 1.54) is 0 Å². The molecule has 1 aromatic heterocycles. The fourth-order valence-electron chi connectivity index (χ4n) is 2.20. The van der Waals surface area contributed by atoms with Gasteiger partial charge in [0.05, 0.1) is 12.5 Å². The lowest BCUT2D eigenvalue weighted by Crippen LogP contribution is -2.30. The third-order valence-corrected chi connectivity index (χ3v) is 3.36. The average Bonchev–Trinajstić information content (AvgIpc) is 2.54. The molecule has 0 saturated heterocycles. The zero-order valence-electron chi connectivity index (χ0n) is 13.1. The molecule has 1 heterocycles. The van der Waals surface area contributed by atoms with Crippen LogP contribution in [0, 0.1) is 6.92 Å². The van der Waals surface area contributed by atoms with E-state index in [-0.39, 0.29) is 12.0 Å². The van der Waals surface area contributed by atoms with Gasteiger partial charge in [-0.25, -0.2) is 0 Å². The molecule has 0 spiro atoms. The third-order valence-electron chi connectivity index (χ3n) is 3.36. The molecule has 1 amide bonds. The molecule has 22 heavy (non-hydrogen) atoms. The average molecular weight is 298 g/mol. The molecule has 1 aromatic carbocycles. The fourth-order valence-corrected chi connectivity index (χ4v) is 2.20. The maximum atomic E-state index is 12.0. The molecule has 0 bridgehead atoms. The Morgan fingerprint density at radius 1 is 1.23 bits per heavy atom. The number of pyridine rings is 1. The highest BCUT2D eigenvalue weighted by molar-refractivity contribution is 5.78. The first-order valence-corrected chi connectivity index (χ1v) is 7.54. The second-order valence-electron chi connectivity index (χ2n) is 5.14. The number of amides is 1. The van der Waals surface area contributed by atoms with Crippen molar-refractivity contribution in [3.05, 3.63) is 65.5 Å². The lowest BCUT2D eigenvalue weighted by Gasteiger charge is -2.18. The van der Waals surface area contributed by atoms with Crippen LogP contribution in [-0.4, -0.2) is 24.0 Å². The topological polar surface area (TPSA) is 51.2 Å². The quantitative estimate of drug-likeness (QED) is 0.855. The van der Waals surface area contributed by atoms with Gasteiger partial charge in [-0.3, -0.25) is 9.78 Å². The van der Waals surface area contributed by atoms with E-state index in [0.29, 0.717) is 19.6 Å². The van der Waals surface area contributed by atoms with Crippen molar-refractivity contribution in [3.8, 4) is 0 Å². The van der Waals surface area contributed by atoms with Gasteiger partial charge in [0.25, 0.3) is 0 Å². The summed E-state index contributed by atoms with van der Waals surface area (Å²) in [6.07, 6.45) is 1.96. The molecule has 1 N–H and O–H groups in total. The van der Waals surface area contributed by atoms with E-state index < -0.39 is 0 Å². The molecule has 116 valence electrons. The highest BCUT2D eigenvalue weighted by Gasteiger charge is 2.13. The Morgan fingerprint density at radius 3 is 2.64 bits per heavy atom. The smallest absolute Gasteiger partial charge is 0.224 e. The molecular formula is C18H22N2O2. The Hall–Kier alpha value is -2.20. The maximum absolute atomic E-state index is 12.0. The van der Waals surface area contributed by atoms with Crippen molar-refractivity contribution in [2.45, 2.75) is 26.4 Å². The van der Waals surface area contributed by atoms with E-state index in [0.717, 1.165) is 16.8 Å². The molecule has 0 aliphatic heterocycles. The van der Waals surface area contributed by atoms with Crippen LogP contribution in [-0.2, 0) is 16.0 Å². The monoisotopic (exact) mass is 298 g/mol.